The highest BCUT2D eigenvalue weighted by molar-refractivity contribution is 5.44. The summed E-state index contributed by atoms with van der Waals surface area (Å²) in [5.74, 6) is 2.13. The molecule has 3 atom stereocenters. The van der Waals surface area contributed by atoms with Crippen LogP contribution in [-0.4, -0.2) is 33.5 Å². The molecule has 2 rings (SSSR count). The average Bonchev–Trinajstić information content (AvgIpc) is 2.51. The van der Waals surface area contributed by atoms with Crippen molar-refractivity contribution in [2.45, 2.75) is 38.8 Å². The molecule has 3 unspecified atom stereocenters. The van der Waals surface area contributed by atoms with Crippen LogP contribution in [0.2, 0.25) is 0 Å². The lowest BCUT2D eigenvalue weighted by Gasteiger charge is -2.35. The molecule has 4 nitrogen and oxygen atoms in total. The summed E-state index contributed by atoms with van der Waals surface area (Å²) in [7, 11) is 3.42. The molecule has 0 amide bonds. The summed E-state index contributed by atoms with van der Waals surface area (Å²) in [6.07, 6.45) is 2.27. The standard InChI is InChI=1S/C17H27NO3/c1-5-8-18-15-10-16(12(2)11-19-3)21-17-9-13(20-4)6-7-14(15)17/h6-7,9,12,15-16,18H,5,8,10-11H2,1-4H3. The molecule has 0 saturated heterocycles. The molecule has 0 fully saturated rings. The largest absolute Gasteiger partial charge is 0.497 e. The fraction of sp³-hybridized carbons (Fsp3) is 0.647. The number of methoxy groups -OCH3 is 2. The zero-order chi connectivity index (χ0) is 15.2. The summed E-state index contributed by atoms with van der Waals surface area (Å²) in [6.45, 7) is 6.09. The first kappa shape index (κ1) is 16.1. The van der Waals surface area contributed by atoms with Gasteiger partial charge in [0.15, 0.2) is 0 Å². The van der Waals surface area contributed by atoms with E-state index in [0.717, 1.165) is 30.9 Å². The normalized spacial score (nSPS) is 22.3. The second kappa shape index (κ2) is 7.66. The molecule has 0 aliphatic carbocycles. The quantitative estimate of drug-likeness (QED) is 0.838. The van der Waals surface area contributed by atoms with E-state index in [1.165, 1.54) is 5.56 Å². The third-order valence-electron chi connectivity index (χ3n) is 4.05. The van der Waals surface area contributed by atoms with Crippen LogP contribution in [0.4, 0.5) is 0 Å². The molecule has 118 valence electrons. The molecule has 1 aliphatic rings. The molecule has 1 N–H and O–H groups in total. The maximum atomic E-state index is 6.20. The monoisotopic (exact) mass is 293 g/mol. The second-order valence-electron chi connectivity index (χ2n) is 5.74. The summed E-state index contributed by atoms with van der Waals surface area (Å²) in [6, 6.07) is 6.44. The smallest absolute Gasteiger partial charge is 0.128 e. The van der Waals surface area contributed by atoms with E-state index in [9.17, 15) is 0 Å². The molecular formula is C17H27NO3. The Bertz CT molecular complexity index is 450. The molecule has 1 aromatic carbocycles. The van der Waals surface area contributed by atoms with Gasteiger partial charge in [-0.1, -0.05) is 19.9 Å². The van der Waals surface area contributed by atoms with Crippen LogP contribution in [0.25, 0.3) is 0 Å². The molecule has 0 bridgehead atoms. The summed E-state index contributed by atoms with van der Waals surface area (Å²) >= 11 is 0. The van der Waals surface area contributed by atoms with Crippen molar-refractivity contribution < 1.29 is 14.2 Å². The Labute approximate surface area is 127 Å². The summed E-state index contributed by atoms with van der Waals surface area (Å²) < 4.78 is 16.8. The third kappa shape index (κ3) is 3.89. The third-order valence-corrected chi connectivity index (χ3v) is 4.05. The van der Waals surface area contributed by atoms with Crippen molar-refractivity contribution in [3.8, 4) is 11.5 Å². The van der Waals surface area contributed by atoms with Crippen LogP contribution in [-0.2, 0) is 4.74 Å². The molecule has 21 heavy (non-hydrogen) atoms. The minimum absolute atomic E-state index is 0.166. The number of ether oxygens (including phenoxy) is 3. The van der Waals surface area contributed by atoms with Crippen LogP contribution in [0.5, 0.6) is 11.5 Å². The number of hydrogen-bond donors (Lipinski definition) is 1. The first-order valence-electron chi connectivity index (χ1n) is 7.76. The van der Waals surface area contributed by atoms with Crippen molar-refractivity contribution in [3.05, 3.63) is 23.8 Å². The van der Waals surface area contributed by atoms with Gasteiger partial charge >= 0.3 is 0 Å². The van der Waals surface area contributed by atoms with Gasteiger partial charge in [-0.25, -0.2) is 0 Å². The molecule has 0 spiro atoms. The highest BCUT2D eigenvalue weighted by atomic mass is 16.5. The second-order valence-corrected chi connectivity index (χ2v) is 5.74. The van der Waals surface area contributed by atoms with Crippen LogP contribution in [0.1, 0.15) is 38.3 Å². The summed E-state index contributed by atoms with van der Waals surface area (Å²) in [5.41, 5.74) is 1.23. The minimum atomic E-state index is 0.166. The van der Waals surface area contributed by atoms with Crippen LogP contribution >= 0.6 is 0 Å². The Morgan fingerprint density at radius 3 is 2.86 bits per heavy atom. The summed E-state index contributed by atoms with van der Waals surface area (Å²) in [4.78, 5) is 0. The van der Waals surface area contributed by atoms with E-state index in [4.69, 9.17) is 14.2 Å². The number of fused-ring (bicyclic) bond motifs is 1. The first-order valence-corrected chi connectivity index (χ1v) is 7.76. The van der Waals surface area contributed by atoms with Crippen molar-refractivity contribution in [2.75, 3.05) is 27.4 Å². The molecular weight excluding hydrogens is 266 g/mol. The van der Waals surface area contributed by atoms with E-state index < -0.39 is 0 Å². The van der Waals surface area contributed by atoms with Crippen molar-refractivity contribution >= 4 is 0 Å². The van der Waals surface area contributed by atoms with Crippen LogP contribution in [0, 0.1) is 5.92 Å². The maximum Gasteiger partial charge on any atom is 0.128 e. The van der Waals surface area contributed by atoms with E-state index in [0.29, 0.717) is 18.6 Å². The lowest BCUT2D eigenvalue weighted by atomic mass is 9.90. The molecule has 1 heterocycles. The van der Waals surface area contributed by atoms with Crippen molar-refractivity contribution in [1.29, 1.82) is 0 Å². The minimum Gasteiger partial charge on any atom is -0.497 e. The van der Waals surface area contributed by atoms with Crippen LogP contribution in [0.3, 0.4) is 0 Å². The van der Waals surface area contributed by atoms with Crippen molar-refractivity contribution in [2.24, 2.45) is 5.92 Å². The lowest BCUT2D eigenvalue weighted by molar-refractivity contribution is 0.0499. The van der Waals surface area contributed by atoms with Gasteiger partial charge in [-0.2, -0.15) is 0 Å². The molecule has 0 aromatic heterocycles. The molecule has 0 saturated carbocycles. The SMILES string of the molecule is CCCNC1CC(C(C)COC)Oc2cc(OC)ccc21. The Morgan fingerprint density at radius 1 is 1.38 bits per heavy atom. The Kier molecular flexibility index (Phi) is 5.88. The number of hydrogen-bond acceptors (Lipinski definition) is 4. The number of benzene rings is 1. The van der Waals surface area contributed by atoms with Gasteiger partial charge in [-0.15, -0.1) is 0 Å². The van der Waals surface area contributed by atoms with Gasteiger partial charge in [0.05, 0.1) is 13.7 Å². The first-order chi connectivity index (χ1) is 10.2. The molecule has 0 radical (unpaired) electrons. The van der Waals surface area contributed by atoms with Crippen LogP contribution in [0.15, 0.2) is 18.2 Å². The Morgan fingerprint density at radius 2 is 2.19 bits per heavy atom. The average molecular weight is 293 g/mol. The van der Waals surface area contributed by atoms with Crippen LogP contribution < -0.4 is 14.8 Å². The zero-order valence-electron chi connectivity index (χ0n) is 13.5. The fourth-order valence-electron chi connectivity index (χ4n) is 2.83. The predicted molar refractivity (Wildman–Crippen MR) is 84.1 cm³/mol. The van der Waals surface area contributed by atoms with Gasteiger partial charge in [0.25, 0.3) is 0 Å². The molecule has 4 heteroatoms. The Hall–Kier alpha value is -1.26. The maximum absolute atomic E-state index is 6.20. The van der Waals surface area contributed by atoms with Gasteiger partial charge in [-0.3, -0.25) is 0 Å². The van der Waals surface area contributed by atoms with E-state index in [1.54, 1.807) is 14.2 Å². The van der Waals surface area contributed by atoms with E-state index in [1.807, 2.05) is 12.1 Å². The summed E-state index contributed by atoms with van der Waals surface area (Å²) in [5, 5.41) is 3.63. The van der Waals surface area contributed by atoms with E-state index in [-0.39, 0.29) is 6.10 Å². The predicted octanol–water partition coefficient (Wildman–Crippen LogP) is 3.17. The number of rotatable bonds is 7. The lowest BCUT2D eigenvalue weighted by Crippen LogP contribution is -2.38. The molecule has 1 aromatic rings. The highest BCUT2D eigenvalue weighted by Gasteiger charge is 2.31. The van der Waals surface area contributed by atoms with Crippen molar-refractivity contribution in [3.63, 3.8) is 0 Å². The molecule has 1 aliphatic heterocycles. The van der Waals surface area contributed by atoms with Gasteiger partial charge < -0.3 is 19.5 Å². The van der Waals surface area contributed by atoms with E-state index >= 15 is 0 Å². The fourth-order valence-corrected chi connectivity index (χ4v) is 2.83. The highest BCUT2D eigenvalue weighted by Crippen LogP contribution is 2.39. The zero-order valence-corrected chi connectivity index (χ0v) is 13.5. The van der Waals surface area contributed by atoms with E-state index in [2.05, 4.69) is 25.2 Å². The van der Waals surface area contributed by atoms with Gasteiger partial charge in [0.2, 0.25) is 0 Å². The topological polar surface area (TPSA) is 39.7 Å². The van der Waals surface area contributed by atoms with Gasteiger partial charge in [-0.05, 0) is 19.0 Å². The Balaban J connectivity index is 2.22. The number of nitrogens with one attached hydrogen (secondary N) is 1. The van der Waals surface area contributed by atoms with Crippen molar-refractivity contribution in [1.82, 2.24) is 5.32 Å². The van der Waals surface area contributed by atoms with Gasteiger partial charge in [0.1, 0.15) is 17.6 Å². The van der Waals surface area contributed by atoms with Gasteiger partial charge in [0, 0.05) is 37.1 Å².